The van der Waals surface area contributed by atoms with Gasteiger partial charge in [-0.2, -0.15) is 10.2 Å². The van der Waals surface area contributed by atoms with Crippen LogP contribution in [0.15, 0.2) is 30.4 Å². The Labute approximate surface area is 138 Å². The highest BCUT2D eigenvalue weighted by Gasteiger charge is 2.25. The molecule has 4 rings (SSSR count). The Balaban J connectivity index is 1.44. The zero-order valence-electron chi connectivity index (χ0n) is 13.0. The van der Waals surface area contributed by atoms with Crippen LogP contribution in [0.3, 0.4) is 0 Å². The molecule has 1 fully saturated rings. The summed E-state index contributed by atoms with van der Waals surface area (Å²) in [6, 6.07) is 0.514. The molecule has 1 aliphatic rings. The average Bonchev–Trinajstić information content (AvgIpc) is 3.29. The zero-order valence-corrected chi connectivity index (χ0v) is 13.9. The third kappa shape index (κ3) is 3.18. The smallest absolute Gasteiger partial charge is 0.137 e. The second-order valence-corrected chi connectivity index (χ2v) is 6.79. The molecule has 23 heavy (non-hydrogen) atoms. The van der Waals surface area contributed by atoms with Crippen molar-refractivity contribution in [2.24, 2.45) is 7.05 Å². The Kier molecular flexibility index (Phi) is 3.92. The van der Waals surface area contributed by atoms with Gasteiger partial charge < -0.3 is 0 Å². The van der Waals surface area contributed by atoms with E-state index in [1.807, 2.05) is 28.8 Å². The number of hydrogen-bond donors (Lipinski definition) is 0. The molecule has 1 aliphatic heterocycles. The van der Waals surface area contributed by atoms with Gasteiger partial charge in [0.05, 0.1) is 18.4 Å². The first-order valence-corrected chi connectivity index (χ1v) is 8.66. The molecule has 0 N–H and O–H groups in total. The van der Waals surface area contributed by atoms with Crippen molar-refractivity contribution in [1.29, 1.82) is 0 Å². The molecule has 0 radical (unpaired) electrons. The van der Waals surface area contributed by atoms with Gasteiger partial charge in [-0.15, -0.1) is 11.3 Å². The van der Waals surface area contributed by atoms with Crippen molar-refractivity contribution in [3.8, 4) is 10.6 Å². The third-order valence-electron chi connectivity index (χ3n) is 4.23. The fraction of sp³-hybridized carbons (Fsp3) is 0.467. The third-order valence-corrected chi connectivity index (χ3v) is 5.17. The van der Waals surface area contributed by atoms with Gasteiger partial charge in [-0.05, 0) is 19.4 Å². The summed E-state index contributed by atoms with van der Waals surface area (Å²) in [5, 5.41) is 11.6. The van der Waals surface area contributed by atoms with Crippen LogP contribution in [-0.2, 0) is 20.1 Å². The standard InChI is InChI=1S/C15H19N7S/c1-20-6-12(5-17-20)15-19-13(9-23-15)7-21-4-2-3-14(21)8-22-11-16-10-18-22/h5-6,9-11,14H,2-4,7-8H2,1H3/t14-/m0/s1. The number of likely N-dealkylation sites (tertiary alicyclic amines) is 1. The van der Waals surface area contributed by atoms with Gasteiger partial charge in [0.1, 0.15) is 17.7 Å². The maximum absolute atomic E-state index is 4.78. The van der Waals surface area contributed by atoms with E-state index in [2.05, 4.69) is 25.5 Å². The number of nitrogens with zero attached hydrogens (tertiary/aromatic N) is 7. The number of rotatable bonds is 5. The van der Waals surface area contributed by atoms with Gasteiger partial charge in [0.15, 0.2) is 0 Å². The lowest BCUT2D eigenvalue weighted by Gasteiger charge is -2.23. The predicted octanol–water partition coefficient (Wildman–Crippen LogP) is 1.80. The Morgan fingerprint density at radius 3 is 3.09 bits per heavy atom. The lowest BCUT2D eigenvalue weighted by Crippen LogP contribution is -2.32. The zero-order chi connectivity index (χ0) is 15.6. The van der Waals surface area contributed by atoms with E-state index in [4.69, 9.17) is 4.98 Å². The van der Waals surface area contributed by atoms with E-state index < -0.39 is 0 Å². The predicted molar refractivity (Wildman–Crippen MR) is 87.8 cm³/mol. The van der Waals surface area contributed by atoms with Crippen LogP contribution in [0.1, 0.15) is 18.5 Å². The number of aryl methyl sites for hydroxylation is 1. The molecule has 0 bridgehead atoms. The van der Waals surface area contributed by atoms with E-state index in [0.717, 1.165) is 35.9 Å². The van der Waals surface area contributed by atoms with Crippen LogP contribution in [0.25, 0.3) is 10.6 Å². The molecule has 120 valence electrons. The van der Waals surface area contributed by atoms with Crippen molar-refractivity contribution in [2.45, 2.75) is 32.0 Å². The minimum Gasteiger partial charge on any atom is -0.293 e. The molecule has 0 unspecified atom stereocenters. The summed E-state index contributed by atoms with van der Waals surface area (Å²) in [7, 11) is 1.93. The largest absolute Gasteiger partial charge is 0.293 e. The van der Waals surface area contributed by atoms with Crippen molar-refractivity contribution >= 4 is 11.3 Å². The van der Waals surface area contributed by atoms with Gasteiger partial charge in [0.2, 0.25) is 0 Å². The van der Waals surface area contributed by atoms with E-state index in [-0.39, 0.29) is 0 Å². The minimum absolute atomic E-state index is 0.514. The fourth-order valence-corrected chi connectivity index (χ4v) is 3.89. The van der Waals surface area contributed by atoms with E-state index in [9.17, 15) is 0 Å². The van der Waals surface area contributed by atoms with Crippen LogP contribution < -0.4 is 0 Å². The maximum Gasteiger partial charge on any atom is 0.137 e. The second-order valence-electron chi connectivity index (χ2n) is 5.93. The molecule has 3 aromatic rings. The van der Waals surface area contributed by atoms with Crippen molar-refractivity contribution < 1.29 is 0 Å². The summed E-state index contributed by atoms with van der Waals surface area (Å²) in [6.45, 7) is 2.93. The van der Waals surface area contributed by atoms with Crippen LogP contribution in [0, 0.1) is 0 Å². The van der Waals surface area contributed by atoms with Crippen molar-refractivity contribution in [2.75, 3.05) is 6.54 Å². The average molecular weight is 329 g/mol. The summed E-state index contributed by atoms with van der Waals surface area (Å²) < 4.78 is 3.73. The Bertz CT molecular complexity index is 760. The summed E-state index contributed by atoms with van der Waals surface area (Å²) in [5.74, 6) is 0. The summed E-state index contributed by atoms with van der Waals surface area (Å²) in [5.41, 5.74) is 2.23. The van der Waals surface area contributed by atoms with Gasteiger partial charge in [0, 0.05) is 36.8 Å². The number of hydrogen-bond acceptors (Lipinski definition) is 6. The minimum atomic E-state index is 0.514. The monoisotopic (exact) mass is 329 g/mol. The van der Waals surface area contributed by atoms with Crippen LogP contribution in [-0.4, -0.2) is 47.0 Å². The topological polar surface area (TPSA) is 64.7 Å². The van der Waals surface area contributed by atoms with Crippen LogP contribution in [0.5, 0.6) is 0 Å². The van der Waals surface area contributed by atoms with E-state index in [1.165, 1.54) is 12.8 Å². The normalized spacial score (nSPS) is 18.7. The van der Waals surface area contributed by atoms with Gasteiger partial charge in [-0.1, -0.05) is 0 Å². The molecule has 0 aromatic carbocycles. The van der Waals surface area contributed by atoms with Crippen LogP contribution in [0.4, 0.5) is 0 Å². The number of aromatic nitrogens is 6. The summed E-state index contributed by atoms with van der Waals surface area (Å²) in [4.78, 5) is 11.3. The fourth-order valence-electron chi connectivity index (χ4n) is 3.10. The molecular weight excluding hydrogens is 310 g/mol. The molecular formula is C15H19N7S. The molecule has 4 heterocycles. The highest BCUT2D eigenvalue weighted by Crippen LogP contribution is 2.26. The Hall–Kier alpha value is -2.06. The van der Waals surface area contributed by atoms with Crippen LogP contribution in [0.2, 0.25) is 0 Å². The van der Waals surface area contributed by atoms with Crippen molar-refractivity contribution in [3.05, 3.63) is 36.1 Å². The SMILES string of the molecule is Cn1cc(-c2nc(CN3CCC[C@H]3Cn3cncn3)cs2)cn1. The highest BCUT2D eigenvalue weighted by molar-refractivity contribution is 7.13. The van der Waals surface area contributed by atoms with Gasteiger partial charge >= 0.3 is 0 Å². The first kappa shape index (κ1) is 14.5. The quantitative estimate of drug-likeness (QED) is 0.714. The Morgan fingerprint density at radius 2 is 2.30 bits per heavy atom. The summed E-state index contributed by atoms with van der Waals surface area (Å²) in [6.07, 6.45) is 9.70. The van der Waals surface area contributed by atoms with Crippen molar-refractivity contribution in [1.82, 2.24) is 34.4 Å². The molecule has 0 amide bonds. The summed E-state index contributed by atoms with van der Waals surface area (Å²) >= 11 is 1.69. The molecule has 7 nitrogen and oxygen atoms in total. The van der Waals surface area contributed by atoms with Crippen LogP contribution >= 0.6 is 11.3 Å². The molecule has 1 saturated heterocycles. The van der Waals surface area contributed by atoms with Gasteiger partial charge in [0.25, 0.3) is 0 Å². The molecule has 1 atom stereocenters. The lowest BCUT2D eigenvalue weighted by molar-refractivity contribution is 0.217. The maximum atomic E-state index is 4.78. The Morgan fingerprint density at radius 1 is 1.35 bits per heavy atom. The molecule has 0 saturated carbocycles. The van der Waals surface area contributed by atoms with E-state index in [1.54, 1.807) is 24.0 Å². The van der Waals surface area contributed by atoms with Gasteiger partial charge in [-0.25, -0.2) is 9.97 Å². The van der Waals surface area contributed by atoms with E-state index >= 15 is 0 Å². The van der Waals surface area contributed by atoms with Gasteiger partial charge in [-0.3, -0.25) is 14.3 Å². The molecule has 3 aromatic heterocycles. The van der Waals surface area contributed by atoms with E-state index in [0.29, 0.717) is 6.04 Å². The first-order valence-electron chi connectivity index (χ1n) is 7.78. The van der Waals surface area contributed by atoms with Crippen molar-refractivity contribution in [3.63, 3.8) is 0 Å². The molecule has 0 spiro atoms. The first-order chi connectivity index (χ1) is 11.3. The lowest BCUT2D eigenvalue weighted by atomic mass is 10.2. The number of thiazole rings is 1. The molecule has 8 heteroatoms. The highest BCUT2D eigenvalue weighted by atomic mass is 32.1. The molecule has 0 aliphatic carbocycles. The second kappa shape index (κ2) is 6.21.